The van der Waals surface area contributed by atoms with Crippen LogP contribution in [0.5, 0.6) is 0 Å². The molecule has 0 unspecified atom stereocenters. The van der Waals surface area contributed by atoms with Gasteiger partial charge in [-0.1, -0.05) is 54.6 Å². The molecule has 1 N–H and O–H groups in total. The van der Waals surface area contributed by atoms with Gasteiger partial charge in [-0.2, -0.15) is 0 Å². The molecule has 1 aliphatic heterocycles. The molecule has 0 aliphatic carbocycles. The lowest BCUT2D eigenvalue weighted by Gasteiger charge is -2.43. The average Bonchev–Trinajstić information content (AvgIpc) is 2.85. The molecule has 1 aliphatic rings. The van der Waals surface area contributed by atoms with E-state index in [1.54, 1.807) is 12.1 Å². The zero-order chi connectivity index (χ0) is 24.0. The Kier molecular flexibility index (Phi) is 7.66. The summed E-state index contributed by atoms with van der Waals surface area (Å²) in [6, 6.07) is 26.4. The predicted octanol–water partition coefficient (Wildman–Crippen LogP) is 5.21. The van der Waals surface area contributed by atoms with Crippen LogP contribution in [0.25, 0.3) is 11.1 Å². The summed E-state index contributed by atoms with van der Waals surface area (Å²) >= 11 is 0. The van der Waals surface area contributed by atoms with Gasteiger partial charge in [-0.05, 0) is 67.9 Å². The molecule has 0 radical (unpaired) electrons. The number of hydrogen-bond donors (Lipinski definition) is 1. The Labute approximate surface area is 202 Å². The molecule has 178 valence electrons. The number of ether oxygens (including phenoxy) is 1. The number of piperidine rings is 1. The summed E-state index contributed by atoms with van der Waals surface area (Å²) in [6.45, 7) is 3.35. The molecule has 5 nitrogen and oxygen atoms in total. The molecule has 0 amide bonds. The van der Waals surface area contributed by atoms with Gasteiger partial charge >= 0.3 is 5.97 Å². The van der Waals surface area contributed by atoms with Gasteiger partial charge in [-0.15, -0.1) is 0 Å². The summed E-state index contributed by atoms with van der Waals surface area (Å²) in [5.41, 5.74) is 4.98. The monoisotopic (exact) mass is 458 g/mol. The molecule has 3 aromatic rings. The highest BCUT2D eigenvalue weighted by molar-refractivity contribution is 5.88. The minimum absolute atomic E-state index is 0.224. The Morgan fingerprint density at radius 1 is 0.941 bits per heavy atom. The van der Waals surface area contributed by atoms with E-state index in [9.17, 15) is 9.90 Å². The van der Waals surface area contributed by atoms with Crippen molar-refractivity contribution in [2.75, 3.05) is 45.2 Å². The van der Waals surface area contributed by atoms with Crippen LogP contribution in [0, 0.1) is 0 Å². The molecule has 1 saturated heterocycles. The molecule has 1 heterocycles. The van der Waals surface area contributed by atoms with E-state index < -0.39 is 5.97 Å². The zero-order valence-corrected chi connectivity index (χ0v) is 20.1. The van der Waals surface area contributed by atoms with Gasteiger partial charge in [0.1, 0.15) is 0 Å². The number of carboxylic acids is 1. The molecule has 34 heavy (non-hydrogen) atoms. The minimum atomic E-state index is -0.893. The molecule has 0 atom stereocenters. The SMILES string of the molecule is CN(C)CCOC1(Cc2ccccc2-c2ccccc2)CCN(c2ccc(C(=O)O)cc2)CC1. The van der Waals surface area contributed by atoms with Crippen LogP contribution in [0.1, 0.15) is 28.8 Å². The molecule has 0 bridgehead atoms. The zero-order valence-electron chi connectivity index (χ0n) is 20.1. The Bertz CT molecular complexity index is 1070. The third-order valence-corrected chi connectivity index (χ3v) is 6.72. The third kappa shape index (κ3) is 5.85. The number of carboxylic acid groups (broad SMARTS) is 1. The van der Waals surface area contributed by atoms with Gasteiger partial charge in [0, 0.05) is 31.7 Å². The van der Waals surface area contributed by atoms with Crippen molar-refractivity contribution < 1.29 is 14.6 Å². The van der Waals surface area contributed by atoms with Crippen LogP contribution in [0.4, 0.5) is 5.69 Å². The van der Waals surface area contributed by atoms with E-state index in [1.807, 2.05) is 12.1 Å². The smallest absolute Gasteiger partial charge is 0.335 e. The Morgan fingerprint density at radius 2 is 1.59 bits per heavy atom. The van der Waals surface area contributed by atoms with E-state index in [2.05, 4.69) is 78.5 Å². The van der Waals surface area contributed by atoms with Crippen LogP contribution >= 0.6 is 0 Å². The first kappa shape index (κ1) is 24.0. The number of hydrogen-bond acceptors (Lipinski definition) is 4. The number of rotatable bonds is 9. The van der Waals surface area contributed by atoms with Crippen molar-refractivity contribution in [1.29, 1.82) is 0 Å². The highest BCUT2D eigenvalue weighted by Crippen LogP contribution is 2.35. The Morgan fingerprint density at radius 3 is 2.24 bits per heavy atom. The van der Waals surface area contributed by atoms with Gasteiger partial charge in [-0.25, -0.2) is 4.79 Å². The minimum Gasteiger partial charge on any atom is -0.478 e. The van der Waals surface area contributed by atoms with Crippen molar-refractivity contribution in [3.63, 3.8) is 0 Å². The first-order valence-corrected chi connectivity index (χ1v) is 12.0. The molecule has 0 aromatic heterocycles. The lowest BCUT2D eigenvalue weighted by atomic mass is 9.82. The van der Waals surface area contributed by atoms with Crippen LogP contribution in [-0.2, 0) is 11.2 Å². The molecule has 0 saturated carbocycles. The fourth-order valence-corrected chi connectivity index (χ4v) is 4.73. The summed E-state index contributed by atoms with van der Waals surface area (Å²) in [7, 11) is 4.15. The second kappa shape index (κ2) is 10.9. The third-order valence-electron chi connectivity index (χ3n) is 6.72. The van der Waals surface area contributed by atoms with E-state index in [4.69, 9.17) is 4.74 Å². The maximum Gasteiger partial charge on any atom is 0.335 e. The van der Waals surface area contributed by atoms with Gasteiger partial charge in [0.05, 0.1) is 17.8 Å². The van der Waals surface area contributed by atoms with Crippen molar-refractivity contribution in [3.8, 4) is 11.1 Å². The second-order valence-electron chi connectivity index (χ2n) is 9.37. The van der Waals surface area contributed by atoms with Crippen molar-refractivity contribution in [1.82, 2.24) is 4.90 Å². The highest BCUT2D eigenvalue weighted by atomic mass is 16.5. The molecule has 1 fully saturated rings. The van der Waals surface area contributed by atoms with Crippen LogP contribution in [-0.4, -0.2) is 61.9 Å². The van der Waals surface area contributed by atoms with Gasteiger partial charge in [0.15, 0.2) is 0 Å². The van der Waals surface area contributed by atoms with Gasteiger partial charge in [-0.3, -0.25) is 0 Å². The van der Waals surface area contributed by atoms with Crippen LogP contribution in [0.15, 0.2) is 78.9 Å². The number of nitrogens with zero attached hydrogens (tertiary/aromatic N) is 2. The van der Waals surface area contributed by atoms with Crippen LogP contribution in [0.2, 0.25) is 0 Å². The highest BCUT2D eigenvalue weighted by Gasteiger charge is 2.36. The number of likely N-dealkylation sites (N-methyl/N-ethyl adjacent to an activating group) is 1. The quantitative estimate of drug-likeness (QED) is 0.477. The molecular formula is C29H34N2O3. The van der Waals surface area contributed by atoms with E-state index in [0.717, 1.165) is 44.6 Å². The van der Waals surface area contributed by atoms with Gasteiger partial charge in [0.25, 0.3) is 0 Å². The van der Waals surface area contributed by atoms with Crippen molar-refractivity contribution in [3.05, 3.63) is 90.0 Å². The van der Waals surface area contributed by atoms with Crippen LogP contribution < -0.4 is 4.90 Å². The maximum absolute atomic E-state index is 11.2. The molecule has 3 aromatic carbocycles. The summed E-state index contributed by atoms with van der Waals surface area (Å²) in [5, 5.41) is 9.19. The number of benzene rings is 3. The van der Waals surface area contributed by atoms with E-state index in [0.29, 0.717) is 12.2 Å². The summed E-state index contributed by atoms with van der Waals surface area (Å²) in [6.07, 6.45) is 2.71. The lowest BCUT2D eigenvalue weighted by molar-refractivity contribution is -0.0650. The summed E-state index contributed by atoms with van der Waals surface area (Å²) < 4.78 is 6.66. The first-order valence-electron chi connectivity index (χ1n) is 12.0. The molecule has 4 rings (SSSR count). The fraction of sp³-hybridized carbons (Fsp3) is 0.345. The summed E-state index contributed by atoms with van der Waals surface area (Å²) in [4.78, 5) is 15.7. The topological polar surface area (TPSA) is 53.0 Å². The predicted molar refractivity (Wildman–Crippen MR) is 138 cm³/mol. The summed E-state index contributed by atoms with van der Waals surface area (Å²) in [5.74, 6) is -0.893. The molecular weight excluding hydrogens is 424 g/mol. The molecule has 0 spiro atoms. The number of carbonyl (C=O) groups is 1. The van der Waals surface area contributed by atoms with Gasteiger partial charge < -0.3 is 19.6 Å². The maximum atomic E-state index is 11.2. The van der Waals surface area contributed by atoms with Gasteiger partial charge in [0.2, 0.25) is 0 Å². The van der Waals surface area contributed by atoms with Crippen molar-refractivity contribution in [2.45, 2.75) is 24.9 Å². The van der Waals surface area contributed by atoms with Crippen LogP contribution in [0.3, 0.4) is 0 Å². The fourth-order valence-electron chi connectivity index (χ4n) is 4.73. The Balaban J connectivity index is 1.54. The first-order chi connectivity index (χ1) is 16.5. The standard InChI is InChI=1S/C29H34N2O3/c1-30(2)20-21-34-29(22-25-10-6-7-11-27(25)23-8-4-3-5-9-23)16-18-31(19-17-29)26-14-12-24(13-15-26)28(32)33/h3-15H,16-22H2,1-2H3,(H,32,33). The largest absolute Gasteiger partial charge is 0.478 e. The van der Waals surface area contributed by atoms with E-state index in [1.165, 1.54) is 16.7 Å². The average molecular weight is 459 g/mol. The molecule has 5 heteroatoms. The lowest BCUT2D eigenvalue weighted by Crippen LogP contribution is -2.48. The van der Waals surface area contributed by atoms with E-state index in [-0.39, 0.29) is 5.60 Å². The second-order valence-corrected chi connectivity index (χ2v) is 9.37. The number of anilines is 1. The van der Waals surface area contributed by atoms with E-state index >= 15 is 0 Å². The van der Waals surface area contributed by atoms with Crippen molar-refractivity contribution >= 4 is 11.7 Å². The normalized spacial score (nSPS) is 15.4. The van der Waals surface area contributed by atoms with Crippen molar-refractivity contribution in [2.24, 2.45) is 0 Å². The Hall–Kier alpha value is -3.15. The number of aromatic carboxylic acids is 1.